The van der Waals surface area contributed by atoms with Crippen molar-refractivity contribution in [3.63, 3.8) is 0 Å². The second-order valence-electron chi connectivity index (χ2n) is 6.80. The molecule has 1 fully saturated rings. The van der Waals surface area contributed by atoms with Crippen molar-refractivity contribution in [3.8, 4) is 5.75 Å². The van der Waals surface area contributed by atoms with E-state index in [-0.39, 0.29) is 18.2 Å². The number of halogens is 2. The molecule has 0 aliphatic carbocycles. The molecule has 0 bridgehead atoms. The van der Waals surface area contributed by atoms with Crippen molar-refractivity contribution in [1.82, 2.24) is 4.90 Å². The summed E-state index contributed by atoms with van der Waals surface area (Å²) in [7, 11) is 0. The van der Waals surface area contributed by atoms with Crippen LogP contribution in [0.15, 0.2) is 47.5 Å². The SMILES string of the molecule is CCCOc1ccc(NC(=O)C2CC(=O)N(CC)C(=Nc3ccc(Cl)c(Cl)c3)S2)cc1. The Balaban J connectivity index is 1.74. The van der Waals surface area contributed by atoms with Crippen LogP contribution in [0.25, 0.3) is 0 Å². The lowest BCUT2D eigenvalue weighted by molar-refractivity contribution is -0.129. The third kappa shape index (κ3) is 6.15. The predicted molar refractivity (Wildman–Crippen MR) is 128 cm³/mol. The molecular weight excluding hydrogens is 457 g/mol. The smallest absolute Gasteiger partial charge is 0.238 e. The molecule has 0 aromatic heterocycles. The minimum atomic E-state index is -0.590. The summed E-state index contributed by atoms with van der Waals surface area (Å²) in [6.07, 6.45) is 1.02. The highest BCUT2D eigenvalue weighted by Gasteiger charge is 2.35. The van der Waals surface area contributed by atoms with Crippen molar-refractivity contribution in [3.05, 3.63) is 52.5 Å². The lowest BCUT2D eigenvalue weighted by Crippen LogP contribution is -2.45. The van der Waals surface area contributed by atoms with Gasteiger partial charge in [-0.15, -0.1) is 0 Å². The second-order valence-corrected chi connectivity index (χ2v) is 8.79. The Kier molecular flexibility index (Phi) is 8.23. The number of thioether (sulfide) groups is 1. The molecule has 2 aromatic rings. The number of rotatable bonds is 7. The van der Waals surface area contributed by atoms with Crippen LogP contribution in [0.5, 0.6) is 5.75 Å². The van der Waals surface area contributed by atoms with Gasteiger partial charge in [0.05, 0.1) is 22.3 Å². The Labute approximate surface area is 196 Å². The third-order valence-corrected chi connectivity index (χ3v) is 6.40. The molecule has 1 aliphatic rings. The van der Waals surface area contributed by atoms with E-state index >= 15 is 0 Å². The topological polar surface area (TPSA) is 71.0 Å². The molecule has 1 heterocycles. The molecule has 6 nitrogen and oxygen atoms in total. The first kappa shape index (κ1) is 23.4. The first-order chi connectivity index (χ1) is 14.9. The van der Waals surface area contributed by atoms with Gasteiger partial charge in [0.2, 0.25) is 11.8 Å². The maximum absolute atomic E-state index is 12.8. The molecule has 2 aromatic carbocycles. The van der Waals surface area contributed by atoms with Gasteiger partial charge in [-0.1, -0.05) is 41.9 Å². The van der Waals surface area contributed by atoms with Crippen LogP contribution in [0.4, 0.5) is 11.4 Å². The summed E-state index contributed by atoms with van der Waals surface area (Å²) in [5.74, 6) is 0.346. The van der Waals surface area contributed by atoms with Gasteiger partial charge in [0.15, 0.2) is 5.17 Å². The molecule has 3 rings (SSSR count). The van der Waals surface area contributed by atoms with Gasteiger partial charge in [0.25, 0.3) is 0 Å². The van der Waals surface area contributed by atoms with Crippen LogP contribution in [0.1, 0.15) is 26.7 Å². The van der Waals surface area contributed by atoms with E-state index in [2.05, 4.69) is 10.3 Å². The fourth-order valence-electron chi connectivity index (χ4n) is 2.89. The van der Waals surface area contributed by atoms with Crippen LogP contribution in [0.2, 0.25) is 10.0 Å². The Morgan fingerprint density at radius 2 is 1.94 bits per heavy atom. The summed E-state index contributed by atoms with van der Waals surface area (Å²) in [6, 6.07) is 12.2. The highest BCUT2D eigenvalue weighted by atomic mass is 35.5. The average Bonchev–Trinajstić information content (AvgIpc) is 2.75. The van der Waals surface area contributed by atoms with Gasteiger partial charge in [-0.2, -0.15) is 0 Å². The number of hydrogen-bond acceptors (Lipinski definition) is 5. The van der Waals surface area contributed by atoms with Gasteiger partial charge in [-0.25, -0.2) is 4.99 Å². The van der Waals surface area contributed by atoms with Crippen LogP contribution in [0.3, 0.4) is 0 Å². The largest absolute Gasteiger partial charge is 0.494 e. The Hall–Kier alpha value is -2.22. The normalized spacial score (nSPS) is 17.7. The number of carbonyl (C=O) groups is 2. The van der Waals surface area contributed by atoms with Gasteiger partial charge in [-0.05, 0) is 55.8 Å². The number of nitrogens with zero attached hydrogens (tertiary/aromatic N) is 2. The highest BCUT2D eigenvalue weighted by molar-refractivity contribution is 8.15. The Morgan fingerprint density at radius 1 is 1.19 bits per heavy atom. The van der Waals surface area contributed by atoms with Crippen LogP contribution in [-0.4, -0.2) is 40.3 Å². The van der Waals surface area contributed by atoms with E-state index in [4.69, 9.17) is 27.9 Å². The number of aliphatic imine (C=N–C) groups is 1. The van der Waals surface area contributed by atoms with E-state index in [0.717, 1.165) is 12.2 Å². The van der Waals surface area contributed by atoms with Gasteiger partial charge in [-0.3, -0.25) is 14.5 Å². The number of nitrogens with one attached hydrogen (secondary N) is 1. The first-order valence-corrected chi connectivity index (χ1v) is 11.6. The van der Waals surface area contributed by atoms with Crippen LogP contribution in [0, 0.1) is 0 Å². The molecule has 1 unspecified atom stereocenters. The zero-order valence-corrected chi connectivity index (χ0v) is 19.6. The quantitative estimate of drug-likeness (QED) is 0.547. The molecule has 1 saturated heterocycles. The van der Waals surface area contributed by atoms with Crippen LogP contribution in [-0.2, 0) is 9.59 Å². The number of amides is 2. The number of hydrogen-bond donors (Lipinski definition) is 1. The van der Waals surface area contributed by atoms with E-state index in [1.54, 1.807) is 47.4 Å². The van der Waals surface area contributed by atoms with Crippen LogP contribution >= 0.6 is 35.0 Å². The number of anilines is 1. The predicted octanol–water partition coefficient (Wildman–Crippen LogP) is 5.76. The number of carbonyl (C=O) groups excluding carboxylic acids is 2. The minimum absolute atomic E-state index is 0.0996. The highest BCUT2D eigenvalue weighted by Crippen LogP contribution is 2.32. The second kappa shape index (κ2) is 10.9. The molecule has 1 aliphatic heterocycles. The Bertz CT molecular complexity index is 982. The minimum Gasteiger partial charge on any atom is -0.494 e. The lowest BCUT2D eigenvalue weighted by Gasteiger charge is -2.30. The van der Waals surface area contributed by atoms with Crippen molar-refractivity contribution in [1.29, 1.82) is 0 Å². The van der Waals surface area contributed by atoms with Gasteiger partial charge < -0.3 is 10.1 Å². The van der Waals surface area contributed by atoms with Crippen molar-refractivity contribution >= 4 is 63.3 Å². The molecule has 2 amide bonds. The number of ether oxygens (including phenoxy) is 1. The zero-order chi connectivity index (χ0) is 22.4. The zero-order valence-electron chi connectivity index (χ0n) is 17.2. The van der Waals surface area contributed by atoms with E-state index in [1.165, 1.54) is 11.8 Å². The van der Waals surface area contributed by atoms with E-state index in [1.807, 2.05) is 13.8 Å². The van der Waals surface area contributed by atoms with E-state index < -0.39 is 5.25 Å². The summed E-state index contributed by atoms with van der Waals surface area (Å²) in [4.78, 5) is 31.6. The van der Waals surface area contributed by atoms with Crippen molar-refractivity contribution < 1.29 is 14.3 Å². The fourth-order valence-corrected chi connectivity index (χ4v) is 4.35. The summed E-state index contributed by atoms with van der Waals surface area (Å²) in [5, 5.41) is 3.54. The summed E-state index contributed by atoms with van der Waals surface area (Å²) >= 11 is 13.3. The van der Waals surface area contributed by atoms with Crippen molar-refractivity contribution in [2.24, 2.45) is 4.99 Å². The van der Waals surface area contributed by atoms with E-state index in [9.17, 15) is 9.59 Å². The number of amidine groups is 1. The molecule has 9 heteroatoms. The molecule has 1 N–H and O–H groups in total. The standard InChI is InChI=1S/C22H23Cl2N3O3S/c1-3-11-30-16-8-5-14(6-9-16)25-21(29)19-13-20(28)27(4-2)22(31-19)26-15-7-10-17(23)18(24)12-15/h5-10,12,19H,3-4,11,13H2,1-2H3,(H,25,29). The third-order valence-electron chi connectivity index (χ3n) is 4.47. The lowest BCUT2D eigenvalue weighted by atomic mass is 10.2. The van der Waals surface area contributed by atoms with Crippen molar-refractivity contribution in [2.75, 3.05) is 18.5 Å². The van der Waals surface area contributed by atoms with E-state index in [0.29, 0.717) is 39.7 Å². The number of benzene rings is 2. The van der Waals surface area contributed by atoms with Crippen LogP contribution < -0.4 is 10.1 Å². The maximum atomic E-state index is 12.8. The maximum Gasteiger partial charge on any atom is 0.238 e. The molecule has 164 valence electrons. The summed E-state index contributed by atoms with van der Waals surface area (Å²) in [5.41, 5.74) is 1.20. The molecule has 0 spiro atoms. The molecule has 1 atom stereocenters. The Morgan fingerprint density at radius 3 is 2.58 bits per heavy atom. The monoisotopic (exact) mass is 479 g/mol. The molecular formula is C22H23Cl2N3O3S. The summed E-state index contributed by atoms with van der Waals surface area (Å²) < 4.78 is 5.56. The molecule has 0 radical (unpaired) electrons. The summed E-state index contributed by atoms with van der Waals surface area (Å²) in [6.45, 7) is 5.00. The average molecular weight is 480 g/mol. The first-order valence-electron chi connectivity index (χ1n) is 9.95. The van der Waals surface area contributed by atoms with Crippen molar-refractivity contribution in [2.45, 2.75) is 31.9 Å². The molecule has 31 heavy (non-hydrogen) atoms. The van der Waals surface area contributed by atoms with Gasteiger partial charge in [0.1, 0.15) is 11.0 Å². The van der Waals surface area contributed by atoms with Gasteiger partial charge in [0, 0.05) is 18.7 Å². The fraction of sp³-hybridized carbons (Fsp3) is 0.318. The molecule has 0 saturated carbocycles. The van der Waals surface area contributed by atoms with Gasteiger partial charge >= 0.3 is 0 Å².